The van der Waals surface area contributed by atoms with Crippen LogP contribution < -0.4 is 0 Å². The molecular formula is C15H32O3Si3. The minimum Gasteiger partial charge on any atom is -0.416 e. The molecule has 1 saturated heterocycles. The van der Waals surface area contributed by atoms with Gasteiger partial charge in [0.05, 0.1) is 0 Å². The van der Waals surface area contributed by atoms with Crippen LogP contribution >= 0.6 is 0 Å². The van der Waals surface area contributed by atoms with Gasteiger partial charge in [-0.1, -0.05) is 13.8 Å². The van der Waals surface area contributed by atoms with Gasteiger partial charge in [-0.05, 0) is 81.2 Å². The summed E-state index contributed by atoms with van der Waals surface area (Å²) in [5, 5.41) is 0. The second-order valence-corrected chi connectivity index (χ2v) is 19.9. The van der Waals surface area contributed by atoms with Crippen molar-refractivity contribution in [2.45, 2.75) is 71.9 Å². The van der Waals surface area contributed by atoms with Crippen molar-refractivity contribution in [3.8, 4) is 0 Å². The van der Waals surface area contributed by atoms with Gasteiger partial charge in [0.2, 0.25) is 0 Å². The summed E-state index contributed by atoms with van der Waals surface area (Å²) in [6.45, 7) is 16.0. The van der Waals surface area contributed by atoms with Gasteiger partial charge >= 0.3 is 25.7 Å². The predicted molar refractivity (Wildman–Crippen MR) is 92.7 cm³/mol. The third-order valence-corrected chi connectivity index (χ3v) is 18.6. The smallest absolute Gasteiger partial charge is 0.317 e. The topological polar surface area (TPSA) is 27.7 Å². The molecule has 0 N–H and O–H groups in total. The zero-order chi connectivity index (χ0) is 15.7. The highest BCUT2D eigenvalue weighted by Gasteiger charge is 2.58. The van der Waals surface area contributed by atoms with Gasteiger partial charge < -0.3 is 12.3 Å². The molecule has 0 spiro atoms. The standard InChI is InChI=1S/C15H32O3Si3/c1-15(2)13-9-8-12(14(15)10-13)11-21(7)17-19(3,4)16-20(5,6)18-21/h12-14H,8-11H2,1-7H3. The quantitative estimate of drug-likeness (QED) is 0.685. The molecule has 0 amide bonds. The van der Waals surface area contributed by atoms with Gasteiger partial charge in [0.25, 0.3) is 0 Å². The summed E-state index contributed by atoms with van der Waals surface area (Å²) in [6.07, 6.45) is 4.25. The monoisotopic (exact) mass is 344 g/mol. The molecule has 3 nitrogen and oxygen atoms in total. The molecule has 3 atom stereocenters. The average Bonchev–Trinajstić information content (AvgIpc) is 2.22. The number of hydrogen-bond donors (Lipinski definition) is 0. The van der Waals surface area contributed by atoms with Crippen molar-refractivity contribution in [2.75, 3.05) is 0 Å². The lowest BCUT2D eigenvalue weighted by molar-refractivity contribution is -0.100. The zero-order valence-corrected chi connectivity index (χ0v) is 17.8. The van der Waals surface area contributed by atoms with Gasteiger partial charge in [0.15, 0.2) is 0 Å². The van der Waals surface area contributed by atoms with E-state index in [2.05, 4.69) is 46.6 Å². The fourth-order valence-corrected chi connectivity index (χ4v) is 22.2. The maximum absolute atomic E-state index is 6.50. The van der Waals surface area contributed by atoms with Crippen LogP contribution in [0.3, 0.4) is 0 Å². The fraction of sp³-hybridized carbons (Fsp3) is 1.00. The molecule has 3 aliphatic carbocycles. The maximum Gasteiger partial charge on any atom is 0.317 e. The first kappa shape index (κ1) is 16.4. The maximum atomic E-state index is 6.50. The highest BCUT2D eigenvalue weighted by atomic mass is 28.5. The van der Waals surface area contributed by atoms with E-state index in [1.54, 1.807) is 0 Å². The number of hydrogen-bond acceptors (Lipinski definition) is 3. The van der Waals surface area contributed by atoms with E-state index in [0.717, 1.165) is 17.8 Å². The lowest BCUT2D eigenvalue weighted by Gasteiger charge is -2.61. The lowest BCUT2D eigenvalue weighted by atomic mass is 9.46. The molecule has 122 valence electrons. The van der Waals surface area contributed by atoms with E-state index in [9.17, 15) is 0 Å². The van der Waals surface area contributed by atoms with Crippen LogP contribution in [0.1, 0.15) is 33.1 Å². The molecule has 3 saturated carbocycles. The summed E-state index contributed by atoms with van der Waals surface area (Å²) in [7, 11) is -6.06. The van der Waals surface area contributed by atoms with Crippen LogP contribution in [-0.2, 0) is 12.3 Å². The van der Waals surface area contributed by atoms with Gasteiger partial charge in [-0.15, -0.1) is 0 Å². The fourth-order valence-electron chi connectivity index (χ4n) is 5.46. The number of fused-ring (bicyclic) bond motifs is 2. The zero-order valence-electron chi connectivity index (χ0n) is 14.8. The molecule has 6 heteroatoms. The molecule has 1 heterocycles. The SMILES string of the molecule is CC1(C)C2CCC(C[Si]3(C)O[Si](C)(C)O[Si](C)(C)O3)C1C2. The Hall–Kier alpha value is 0.531. The van der Waals surface area contributed by atoms with Crippen LogP contribution in [0.25, 0.3) is 0 Å². The van der Waals surface area contributed by atoms with Crippen LogP contribution in [0.2, 0.25) is 38.8 Å². The Labute approximate surface area is 133 Å². The molecule has 0 radical (unpaired) electrons. The van der Waals surface area contributed by atoms with Crippen molar-refractivity contribution < 1.29 is 12.3 Å². The third kappa shape index (κ3) is 2.99. The Bertz CT molecular complexity index is 418. The van der Waals surface area contributed by atoms with Crippen molar-refractivity contribution in [1.29, 1.82) is 0 Å². The van der Waals surface area contributed by atoms with Crippen molar-refractivity contribution in [3.63, 3.8) is 0 Å². The largest absolute Gasteiger partial charge is 0.416 e. The van der Waals surface area contributed by atoms with Gasteiger partial charge in [-0.2, -0.15) is 0 Å². The molecule has 0 aromatic heterocycles. The van der Waals surface area contributed by atoms with Gasteiger partial charge in [0.1, 0.15) is 0 Å². The summed E-state index contributed by atoms with van der Waals surface area (Å²) in [5.41, 5.74) is 0.554. The molecule has 21 heavy (non-hydrogen) atoms. The molecular weight excluding hydrogens is 312 g/mol. The summed E-state index contributed by atoms with van der Waals surface area (Å²) in [5.74, 6) is 2.68. The summed E-state index contributed by atoms with van der Waals surface area (Å²) in [6, 6.07) is 1.18. The molecule has 0 aromatic rings. The van der Waals surface area contributed by atoms with Gasteiger partial charge in [-0.25, -0.2) is 0 Å². The van der Waals surface area contributed by atoms with Crippen LogP contribution in [0.15, 0.2) is 0 Å². The first-order chi connectivity index (χ1) is 9.43. The minimum atomic E-state index is -2.08. The van der Waals surface area contributed by atoms with E-state index in [1.807, 2.05) is 0 Å². The van der Waals surface area contributed by atoms with Crippen LogP contribution in [0.5, 0.6) is 0 Å². The van der Waals surface area contributed by atoms with Crippen molar-refractivity contribution >= 4 is 25.7 Å². The van der Waals surface area contributed by atoms with Crippen molar-refractivity contribution in [3.05, 3.63) is 0 Å². The van der Waals surface area contributed by atoms with Crippen molar-refractivity contribution in [2.24, 2.45) is 23.2 Å². The van der Waals surface area contributed by atoms with E-state index in [-0.39, 0.29) is 0 Å². The Morgan fingerprint density at radius 2 is 1.48 bits per heavy atom. The Balaban J connectivity index is 1.74. The Morgan fingerprint density at radius 1 is 0.905 bits per heavy atom. The van der Waals surface area contributed by atoms with E-state index >= 15 is 0 Å². The van der Waals surface area contributed by atoms with Gasteiger partial charge in [0, 0.05) is 0 Å². The first-order valence-electron chi connectivity index (χ1n) is 8.53. The Kier molecular flexibility index (Phi) is 3.72. The van der Waals surface area contributed by atoms with E-state index in [4.69, 9.17) is 12.3 Å². The van der Waals surface area contributed by atoms with Crippen LogP contribution in [0.4, 0.5) is 0 Å². The average molecular weight is 345 g/mol. The van der Waals surface area contributed by atoms with Crippen LogP contribution in [-0.4, -0.2) is 25.7 Å². The molecule has 4 fully saturated rings. The minimum absolute atomic E-state index is 0.554. The van der Waals surface area contributed by atoms with Crippen LogP contribution in [0, 0.1) is 23.2 Å². The number of rotatable bonds is 2. The second kappa shape index (κ2) is 4.77. The highest BCUT2D eigenvalue weighted by Crippen LogP contribution is 2.62. The molecule has 2 bridgehead atoms. The van der Waals surface area contributed by atoms with Gasteiger partial charge in [-0.3, -0.25) is 0 Å². The Morgan fingerprint density at radius 3 is 1.95 bits per heavy atom. The third-order valence-electron chi connectivity index (χ3n) is 6.05. The molecule has 1 aliphatic heterocycles. The molecule has 4 rings (SSSR count). The van der Waals surface area contributed by atoms with E-state index in [0.29, 0.717) is 5.41 Å². The summed E-state index contributed by atoms with van der Waals surface area (Å²) >= 11 is 0. The summed E-state index contributed by atoms with van der Waals surface area (Å²) in [4.78, 5) is 0. The highest BCUT2D eigenvalue weighted by molar-refractivity contribution is 6.92. The predicted octanol–water partition coefficient (Wildman–Crippen LogP) is 4.60. The molecule has 4 aliphatic rings. The summed E-state index contributed by atoms with van der Waals surface area (Å²) < 4.78 is 19.2. The molecule has 3 unspecified atom stereocenters. The van der Waals surface area contributed by atoms with E-state index < -0.39 is 25.7 Å². The van der Waals surface area contributed by atoms with Crippen molar-refractivity contribution in [1.82, 2.24) is 0 Å². The second-order valence-electron chi connectivity index (χ2n) is 9.14. The first-order valence-corrected chi connectivity index (χ1v) is 16.7. The normalized spacial score (nSPS) is 42.1. The molecule has 0 aromatic carbocycles. The lowest BCUT2D eigenvalue weighted by Crippen LogP contribution is -2.66. The van der Waals surface area contributed by atoms with E-state index in [1.165, 1.54) is 25.3 Å².